The maximum absolute atomic E-state index is 4.45. The molecule has 0 spiro atoms. The van der Waals surface area contributed by atoms with E-state index in [1.807, 2.05) is 29.9 Å². The minimum Gasteiger partial charge on any atom is -0.305 e. The Morgan fingerprint density at radius 1 is 1.38 bits per heavy atom. The lowest BCUT2D eigenvalue weighted by Gasteiger charge is -2.21. The second-order valence-electron chi connectivity index (χ2n) is 5.67. The summed E-state index contributed by atoms with van der Waals surface area (Å²) in [5.74, 6) is 0.548. The van der Waals surface area contributed by atoms with E-state index in [4.69, 9.17) is 0 Å². The molecule has 0 radical (unpaired) electrons. The molecule has 0 aliphatic carbocycles. The lowest BCUT2D eigenvalue weighted by atomic mass is 10.0. The highest BCUT2D eigenvalue weighted by Crippen LogP contribution is 2.26. The van der Waals surface area contributed by atoms with Crippen molar-refractivity contribution in [2.45, 2.75) is 33.4 Å². The van der Waals surface area contributed by atoms with E-state index >= 15 is 0 Å². The molecule has 3 aromatic heterocycles. The van der Waals surface area contributed by atoms with Gasteiger partial charge in [0.1, 0.15) is 0 Å². The van der Waals surface area contributed by atoms with Crippen LogP contribution in [0, 0.1) is 12.8 Å². The number of rotatable bonds is 5. The SMILES string of the molecule is Cc1cc2ncc(CNC(c3cccs3)C(C)C)cn2n1. The van der Waals surface area contributed by atoms with Crippen molar-refractivity contribution in [3.8, 4) is 0 Å². The molecule has 110 valence electrons. The monoisotopic (exact) mass is 300 g/mol. The lowest BCUT2D eigenvalue weighted by Crippen LogP contribution is -2.24. The average Bonchev–Trinajstić information content (AvgIpc) is 3.06. The zero-order valence-corrected chi connectivity index (χ0v) is 13.4. The molecule has 0 aliphatic rings. The summed E-state index contributed by atoms with van der Waals surface area (Å²) in [6.07, 6.45) is 3.98. The Hall–Kier alpha value is -1.72. The molecular weight excluding hydrogens is 280 g/mol. The van der Waals surface area contributed by atoms with Gasteiger partial charge >= 0.3 is 0 Å². The highest BCUT2D eigenvalue weighted by atomic mass is 32.1. The van der Waals surface area contributed by atoms with E-state index in [9.17, 15) is 0 Å². The summed E-state index contributed by atoms with van der Waals surface area (Å²) in [5.41, 5.74) is 3.04. The molecule has 1 atom stereocenters. The molecule has 5 heteroatoms. The third-order valence-electron chi connectivity index (χ3n) is 3.53. The normalized spacial score (nSPS) is 13.1. The van der Waals surface area contributed by atoms with Crippen LogP contribution in [0.3, 0.4) is 0 Å². The van der Waals surface area contributed by atoms with Crippen molar-refractivity contribution >= 4 is 17.0 Å². The summed E-state index contributed by atoms with van der Waals surface area (Å²) in [5, 5.41) is 10.2. The fraction of sp³-hybridized carbons (Fsp3) is 0.375. The Labute approximate surface area is 128 Å². The second kappa shape index (κ2) is 5.95. The molecule has 0 amide bonds. The van der Waals surface area contributed by atoms with Gasteiger partial charge in [0.15, 0.2) is 5.65 Å². The Bertz CT molecular complexity index is 715. The van der Waals surface area contributed by atoms with E-state index < -0.39 is 0 Å². The van der Waals surface area contributed by atoms with Gasteiger partial charge in [0.2, 0.25) is 0 Å². The first-order valence-electron chi connectivity index (χ1n) is 7.21. The van der Waals surface area contributed by atoms with Gasteiger partial charge in [0.05, 0.1) is 5.69 Å². The minimum absolute atomic E-state index is 0.375. The number of nitrogens with zero attached hydrogens (tertiary/aromatic N) is 3. The average molecular weight is 300 g/mol. The third-order valence-corrected chi connectivity index (χ3v) is 4.49. The molecule has 0 saturated carbocycles. The molecule has 0 aliphatic heterocycles. The van der Waals surface area contributed by atoms with E-state index in [2.05, 4.69) is 46.8 Å². The van der Waals surface area contributed by atoms with Crippen molar-refractivity contribution in [3.63, 3.8) is 0 Å². The first-order chi connectivity index (χ1) is 10.1. The summed E-state index contributed by atoms with van der Waals surface area (Å²) in [4.78, 5) is 5.83. The Kier molecular flexibility index (Phi) is 4.03. The quantitative estimate of drug-likeness (QED) is 0.783. The molecule has 3 rings (SSSR count). The first kappa shape index (κ1) is 14.2. The highest BCUT2D eigenvalue weighted by Gasteiger charge is 2.16. The van der Waals surface area contributed by atoms with Gasteiger partial charge < -0.3 is 5.32 Å². The van der Waals surface area contributed by atoms with Crippen LogP contribution in [0.5, 0.6) is 0 Å². The van der Waals surface area contributed by atoms with Crippen LogP contribution < -0.4 is 5.32 Å². The van der Waals surface area contributed by atoms with E-state index in [1.54, 1.807) is 11.3 Å². The predicted octanol–water partition coefficient (Wildman–Crippen LogP) is 3.59. The van der Waals surface area contributed by atoms with Gasteiger partial charge in [-0.3, -0.25) is 0 Å². The van der Waals surface area contributed by atoms with Crippen LogP contribution in [0.1, 0.15) is 36.0 Å². The summed E-state index contributed by atoms with van der Waals surface area (Å²) in [6.45, 7) is 7.27. The van der Waals surface area contributed by atoms with Gasteiger partial charge in [-0.2, -0.15) is 5.10 Å². The molecule has 0 bridgehead atoms. The number of nitrogens with one attached hydrogen (secondary N) is 1. The molecule has 3 aromatic rings. The maximum atomic E-state index is 4.45. The Morgan fingerprint density at radius 2 is 2.24 bits per heavy atom. The van der Waals surface area contributed by atoms with Gasteiger partial charge in [-0.25, -0.2) is 9.50 Å². The van der Waals surface area contributed by atoms with Crippen LogP contribution in [-0.4, -0.2) is 14.6 Å². The van der Waals surface area contributed by atoms with Crippen molar-refractivity contribution < 1.29 is 0 Å². The smallest absolute Gasteiger partial charge is 0.155 e. The molecule has 3 heterocycles. The molecule has 1 N–H and O–H groups in total. The van der Waals surface area contributed by atoms with E-state index in [-0.39, 0.29) is 0 Å². The largest absolute Gasteiger partial charge is 0.305 e. The molecular formula is C16H20N4S. The van der Waals surface area contributed by atoms with E-state index in [0.717, 1.165) is 23.4 Å². The highest BCUT2D eigenvalue weighted by molar-refractivity contribution is 7.10. The van der Waals surface area contributed by atoms with Crippen molar-refractivity contribution in [3.05, 3.63) is 52.1 Å². The lowest BCUT2D eigenvalue weighted by molar-refractivity contribution is 0.416. The topological polar surface area (TPSA) is 42.2 Å². The Balaban J connectivity index is 1.75. The zero-order valence-electron chi connectivity index (χ0n) is 12.6. The van der Waals surface area contributed by atoms with Gasteiger partial charge in [-0.1, -0.05) is 19.9 Å². The minimum atomic E-state index is 0.375. The number of aromatic nitrogens is 3. The molecule has 1 unspecified atom stereocenters. The summed E-state index contributed by atoms with van der Waals surface area (Å²) >= 11 is 1.80. The van der Waals surface area contributed by atoms with Gasteiger partial charge in [-0.15, -0.1) is 11.3 Å². The third kappa shape index (κ3) is 3.14. The van der Waals surface area contributed by atoms with Crippen LogP contribution >= 0.6 is 11.3 Å². The first-order valence-corrected chi connectivity index (χ1v) is 8.09. The number of thiophene rings is 1. The summed E-state index contributed by atoms with van der Waals surface area (Å²) in [6, 6.07) is 6.66. The number of hydrogen-bond donors (Lipinski definition) is 1. The summed E-state index contributed by atoms with van der Waals surface area (Å²) < 4.78 is 1.85. The number of aryl methyl sites for hydroxylation is 1. The van der Waals surface area contributed by atoms with Gasteiger partial charge in [0.25, 0.3) is 0 Å². The Morgan fingerprint density at radius 3 is 2.95 bits per heavy atom. The predicted molar refractivity (Wildman–Crippen MR) is 86.5 cm³/mol. The van der Waals surface area contributed by atoms with Crippen molar-refractivity contribution in [1.82, 2.24) is 19.9 Å². The van der Waals surface area contributed by atoms with Crippen LogP contribution in [-0.2, 0) is 6.54 Å². The zero-order chi connectivity index (χ0) is 14.8. The standard InChI is InChI=1S/C16H20N4S/c1-11(2)16(14-5-4-6-21-14)18-9-13-8-17-15-7-12(3)19-20(15)10-13/h4-8,10-11,16,18H,9H2,1-3H3. The van der Waals surface area contributed by atoms with E-state index in [1.165, 1.54) is 4.88 Å². The molecule has 0 saturated heterocycles. The van der Waals surface area contributed by atoms with E-state index in [0.29, 0.717) is 12.0 Å². The number of hydrogen-bond acceptors (Lipinski definition) is 4. The van der Waals surface area contributed by atoms with Crippen molar-refractivity contribution in [2.75, 3.05) is 0 Å². The summed E-state index contributed by atoms with van der Waals surface area (Å²) in [7, 11) is 0. The van der Waals surface area contributed by atoms with Gasteiger partial charge in [-0.05, 0) is 24.3 Å². The van der Waals surface area contributed by atoms with Crippen LogP contribution in [0.2, 0.25) is 0 Å². The van der Waals surface area contributed by atoms with Crippen LogP contribution in [0.4, 0.5) is 0 Å². The molecule has 0 fully saturated rings. The van der Waals surface area contributed by atoms with Crippen LogP contribution in [0.15, 0.2) is 36.0 Å². The van der Waals surface area contributed by atoms with Gasteiger partial charge in [0, 0.05) is 41.5 Å². The fourth-order valence-electron chi connectivity index (χ4n) is 2.49. The second-order valence-corrected chi connectivity index (χ2v) is 6.65. The molecule has 4 nitrogen and oxygen atoms in total. The van der Waals surface area contributed by atoms with Crippen LogP contribution in [0.25, 0.3) is 5.65 Å². The molecule has 0 aromatic carbocycles. The number of fused-ring (bicyclic) bond motifs is 1. The maximum Gasteiger partial charge on any atom is 0.155 e. The van der Waals surface area contributed by atoms with Crippen molar-refractivity contribution in [2.24, 2.45) is 5.92 Å². The molecule has 21 heavy (non-hydrogen) atoms. The van der Waals surface area contributed by atoms with Crippen molar-refractivity contribution in [1.29, 1.82) is 0 Å². The fourth-order valence-corrected chi connectivity index (χ4v) is 3.46.